The molecule has 0 aliphatic heterocycles. The fraction of sp³-hybridized carbons (Fsp3) is 0.200. The molecule has 0 heteroatoms. The van der Waals surface area contributed by atoms with Crippen molar-refractivity contribution in [2.75, 3.05) is 0 Å². The Balaban J connectivity index is 2.00. The van der Waals surface area contributed by atoms with Crippen molar-refractivity contribution in [1.82, 2.24) is 0 Å². The molecular formula is C30H26. The van der Waals surface area contributed by atoms with Gasteiger partial charge in [0.05, 0.1) is 19.1 Å². The van der Waals surface area contributed by atoms with Crippen LogP contribution in [0.15, 0.2) is 90.8 Å². The fourth-order valence-corrected chi connectivity index (χ4v) is 4.94. The van der Waals surface area contributed by atoms with Gasteiger partial charge in [0, 0.05) is 0 Å². The topological polar surface area (TPSA) is 0 Å². The number of benzene rings is 4. The predicted molar refractivity (Wildman–Crippen MR) is 125 cm³/mol. The molecule has 0 bridgehead atoms. The van der Waals surface area contributed by atoms with Gasteiger partial charge in [-0.25, -0.2) is 0 Å². The molecule has 0 saturated carbocycles. The molecule has 6 rings (SSSR count). The van der Waals surface area contributed by atoms with Crippen molar-refractivity contribution in [1.29, 1.82) is 0 Å². The van der Waals surface area contributed by atoms with E-state index in [1.807, 2.05) is 39.0 Å². The van der Waals surface area contributed by atoms with Crippen LogP contribution in [0.25, 0.3) is 11.1 Å². The Morgan fingerprint density at radius 1 is 0.700 bits per heavy atom. The molecule has 0 aromatic heterocycles. The van der Waals surface area contributed by atoms with Gasteiger partial charge < -0.3 is 0 Å². The predicted octanol–water partition coefficient (Wildman–Crippen LogP) is 7.25. The smallest absolute Gasteiger partial charge is 0.0620 e. The maximum absolute atomic E-state index is 9.57. The van der Waals surface area contributed by atoms with Crippen molar-refractivity contribution >= 4 is 0 Å². The van der Waals surface area contributed by atoms with Gasteiger partial charge in [-0.3, -0.25) is 0 Å². The first-order chi connectivity index (χ1) is 18.7. The first-order valence-corrected chi connectivity index (χ1v) is 10.1. The first-order valence-electron chi connectivity index (χ1n) is 15.1. The van der Waals surface area contributed by atoms with E-state index in [4.69, 9.17) is 12.3 Å². The average molecular weight is 397 g/mol. The van der Waals surface area contributed by atoms with Crippen LogP contribution in [-0.4, -0.2) is 0 Å². The Morgan fingerprint density at radius 2 is 1.30 bits per heavy atom. The number of fused-ring (bicyclic) bond motifs is 9. The van der Waals surface area contributed by atoms with Crippen LogP contribution < -0.4 is 0 Å². The van der Waals surface area contributed by atoms with E-state index < -0.39 is 35.0 Å². The standard InChI is InChI=1S/C30H26/c1-29(2,3)22-17-16-21-18-20-10-4-7-13-25(20)30(28(21)19-22)26-14-8-5-11-23(26)24-12-6-9-15-27(24)30/h4-17,19H,18H2,1-3H3/i5D,6D,8D,9D,11D,12D,14D,15D,17D,19D. The van der Waals surface area contributed by atoms with Crippen LogP contribution in [0.4, 0.5) is 0 Å². The summed E-state index contributed by atoms with van der Waals surface area (Å²) in [5, 5.41) is 0. The van der Waals surface area contributed by atoms with E-state index >= 15 is 0 Å². The van der Waals surface area contributed by atoms with Gasteiger partial charge in [0.25, 0.3) is 0 Å². The van der Waals surface area contributed by atoms with E-state index in [0.717, 1.165) is 5.56 Å². The Bertz CT molecular complexity index is 1740. The number of hydrogen-bond donors (Lipinski definition) is 0. The fourth-order valence-electron chi connectivity index (χ4n) is 4.94. The number of hydrogen-bond acceptors (Lipinski definition) is 0. The molecule has 0 radical (unpaired) electrons. The summed E-state index contributed by atoms with van der Waals surface area (Å²) >= 11 is 0. The van der Waals surface area contributed by atoms with Crippen LogP contribution in [0.1, 0.15) is 73.4 Å². The van der Waals surface area contributed by atoms with E-state index in [0.29, 0.717) is 28.7 Å². The molecular weight excluding hydrogens is 360 g/mol. The molecule has 0 unspecified atom stereocenters. The lowest BCUT2D eigenvalue weighted by atomic mass is 9.61. The highest BCUT2D eigenvalue weighted by atomic mass is 14.5. The van der Waals surface area contributed by atoms with Gasteiger partial charge >= 0.3 is 0 Å². The van der Waals surface area contributed by atoms with Crippen molar-refractivity contribution < 1.29 is 13.7 Å². The Labute approximate surface area is 193 Å². The summed E-state index contributed by atoms with van der Waals surface area (Å²) in [7, 11) is 0. The molecule has 4 aromatic carbocycles. The molecule has 30 heavy (non-hydrogen) atoms. The zero-order valence-electron chi connectivity index (χ0n) is 27.1. The third-order valence-corrected chi connectivity index (χ3v) is 6.26. The summed E-state index contributed by atoms with van der Waals surface area (Å²) in [6.07, 6.45) is 0.372. The monoisotopic (exact) mass is 396 g/mol. The number of rotatable bonds is 0. The molecule has 0 N–H and O–H groups in total. The van der Waals surface area contributed by atoms with Gasteiger partial charge in [-0.2, -0.15) is 0 Å². The van der Waals surface area contributed by atoms with E-state index in [1.54, 1.807) is 12.1 Å². The summed E-state index contributed by atoms with van der Waals surface area (Å²) in [5.41, 5.74) is 0.984. The van der Waals surface area contributed by atoms with Gasteiger partial charge in [-0.1, -0.05) is 112 Å². The van der Waals surface area contributed by atoms with Gasteiger partial charge in [-0.05, 0) is 61.9 Å². The quantitative estimate of drug-likeness (QED) is 0.254. The zero-order chi connectivity index (χ0) is 29.2. The average Bonchev–Trinajstić information content (AvgIpc) is 3.19. The molecule has 1 spiro atoms. The molecule has 0 heterocycles. The van der Waals surface area contributed by atoms with Gasteiger partial charge in [0.2, 0.25) is 0 Å². The largest absolute Gasteiger partial charge is 0.0719 e. The lowest BCUT2D eigenvalue weighted by Crippen LogP contribution is -2.34. The van der Waals surface area contributed by atoms with Crippen molar-refractivity contribution in [2.24, 2.45) is 0 Å². The van der Waals surface area contributed by atoms with E-state index in [1.165, 1.54) is 0 Å². The molecule has 0 nitrogen and oxygen atoms in total. The Hall–Kier alpha value is -3.12. The van der Waals surface area contributed by atoms with Crippen molar-refractivity contribution in [2.45, 2.75) is 38.0 Å². The lowest BCUT2D eigenvalue weighted by molar-refractivity contribution is 0.586. The SMILES string of the molecule is [2H]c1cc2c(c([2H])c1C(C)(C)C)C1(c3ccccc3C2)c2c([2H])c([2H])c([2H])c([2H])c2-c2c([2H])c([2H])c([2H])c([2H])c21. The molecule has 2 aliphatic carbocycles. The highest BCUT2D eigenvalue weighted by Crippen LogP contribution is 2.59. The minimum Gasteiger partial charge on any atom is -0.0620 e. The highest BCUT2D eigenvalue weighted by molar-refractivity contribution is 5.87. The molecule has 0 atom stereocenters. The highest BCUT2D eigenvalue weighted by Gasteiger charge is 2.49. The minimum atomic E-state index is -1.62. The summed E-state index contributed by atoms with van der Waals surface area (Å²) in [4.78, 5) is 0. The molecule has 2 aliphatic rings. The maximum Gasteiger partial charge on any atom is 0.0719 e. The Kier molecular flexibility index (Phi) is 2.04. The van der Waals surface area contributed by atoms with Crippen LogP contribution in [-0.2, 0) is 17.3 Å². The third-order valence-electron chi connectivity index (χ3n) is 6.26. The second kappa shape index (κ2) is 5.95. The van der Waals surface area contributed by atoms with Crippen LogP contribution in [0.2, 0.25) is 0 Å². The van der Waals surface area contributed by atoms with E-state index in [-0.39, 0.29) is 58.5 Å². The van der Waals surface area contributed by atoms with Crippen LogP contribution >= 0.6 is 0 Å². The molecule has 146 valence electrons. The minimum absolute atomic E-state index is 0.0299. The Morgan fingerprint density at radius 3 is 1.97 bits per heavy atom. The maximum atomic E-state index is 9.57. The molecule has 0 amide bonds. The molecule has 0 fully saturated rings. The van der Waals surface area contributed by atoms with E-state index in [9.17, 15) is 1.37 Å². The van der Waals surface area contributed by atoms with Gasteiger partial charge in [-0.15, -0.1) is 0 Å². The van der Waals surface area contributed by atoms with Crippen molar-refractivity contribution in [3.63, 3.8) is 0 Å². The summed E-state index contributed by atoms with van der Waals surface area (Å²) in [6, 6.07) is 5.89. The first kappa shape index (κ1) is 10.3. The lowest BCUT2D eigenvalue weighted by Gasteiger charge is -2.41. The summed E-state index contributed by atoms with van der Waals surface area (Å²) < 4.78 is 88.7. The molecule has 0 saturated heterocycles. The zero-order valence-corrected chi connectivity index (χ0v) is 17.1. The van der Waals surface area contributed by atoms with Crippen LogP contribution in [0, 0.1) is 0 Å². The van der Waals surface area contributed by atoms with Gasteiger partial charge in [0.1, 0.15) is 0 Å². The third kappa shape index (κ3) is 2.17. The van der Waals surface area contributed by atoms with Crippen LogP contribution in [0.3, 0.4) is 0 Å². The van der Waals surface area contributed by atoms with E-state index in [2.05, 4.69) is 0 Å². The second-order valence-electron chi connectivity index (χ2n) is 9.02. The molecule has 4 aromatic rings. The van der Waals surface area contributed by atoms with Crippen molar-refractivity contribution in [3.05, 3.63) is 130 Å². The van der Waals surface area contributed by atoms with Crippen LogP contribution in [0.5, 0.6) is 0 Å². The second-order valence-corrected chi connectivity index (χ2v) is 9.02. The van der Waals surface area contributed by atoms with Gasteiger partial charge in [0.15, 0.2) is 0 Å². The normalized spacial score (nSPS) is 20.0. The summed E-state index contributed by atoms with van der Waals surface area (Å²) in [5.74, 6) is 0. The summed E-state index contributed by atoms with van der Waals surface area (Å²) in [6.45, 7) is 5.72. The van der Waals surface area contributed by atoms with Crippen molar-refractivity contribution in [3.8, 4) is 11.1 Å².